The minimum atomic E-state index is -0.444. The molecule has 26 heavy (non-hydrogen) atoms. The molecule has 5 nitrogen and oxygen atoms in total. The number of hydrogen-bond acceptors (Lipinski definition) is 3. The Morgan fingerprint density at radius 1 is 1.23 bits per heavy atom. The summed E-state index contributed by atoms with van der Waals surface area (Å²) in [5, 5.41) is 2.87. The zero-order valence-electron chi connectivity index (χ0n) is 15.9. The molecule has 1 aromatic heterocycles. The Morgan fingerprint density at radius 3 is 2.62 bits per heavy atom. The van der Waals surface area contributed by atoms with Crippen molar-refractivity contribution in [3.8, 4) is 0 Å². The fraction of sp³-hybridized carbons (Fsp3) is 0.429. The van der Waals surface area contributed by atoms with Crippen LogP contribution in [0.1, 0.15) is 58.7 Å². The predicted molar refractivity (Wildman–Crippen MR) is 102 cm³/mol. The lowest BCUT2D eigenvalue weighted by atomic mass is 10.1. The van der Waals surface area contributed by atoms with Gasteiger partial charge in [-0.1, -0.05) is 25.1 Å². The van der Waals surface area contributed by atoms with Crippen LogP contribution in [0, 0.1) is 20.8 Å². The van der Waals surface area contributed by atoms with Crippen LogP contribution in [-0.2, 0) is 16.0 Å². The molecule has 0 radical (unpaired) electrons. The number of aromatic nitrogens is 1. The molecule has 0 spiro atoms. The van der Waals surface area contributed by atoms with E-state index in [1.807, 2.05) is 52.0 Å². The van der Waals surface area contributed by atoms with Crippen molar-refractivity contribution in [1.29, 1.82) is 0 Å². The van der Waals surface area contributed by atoms with Crippen molar-refractivity contribution in [3.05, 3.63) is 52.3 Å². The van der Waals surface area contributed by atoms with E-state index in [4.69, 9.17) is 4.74 Å². The van der Waals surface area contributed by atoms with Crippen LogP contribution >= 0.6 is 0 Å². The molecule has 138 valence electrons. The largest absolute Gasteiger partial charge is 0.452 e. The van der Waals surface area contributed by atoms with Crippen LogP contribution in [-0.4, -0.2) is 23.1 Å². The molecule has 1 heterocycles. The highest BCUT2D eigenvalue weighted by molar-refractivity contribution is 5.97. The van der Waals surface area contributed by atoms with Gasteiger partial charge in [-0.25, -0.2) is 4.79 Å². The molecule has 1 aliphatic carbocycles. The Morgan fingerprint density at radius 2 is 1.96 bits per heavy atom. The van der Waals surface area contributed by atoms with Crippen LogP contribution in [0.25, 0.3) is 0 Å². The molecule has 0 bridgehead atoms. The van der Waals surface area contributed by atoms with Gasteiger partial charge in [0, 0.05) is 23.1 Å². The van der Waals surface area contributed by atoms with Crippen molar-refractivity contribution in [2.75, 3.05) is 11.9 Å². The summed E-state index contributed by atoms with van der Waals surface area (Å²) in [5.74, 6) is -0.765. The van der Waals surface area contributed by atoms with E-state index in [-0.39, 0.29) is 12.5 Å². The molecule has 1 aromatic carbocycles. The summed E-state index contributed by atoms with van der Waals surface area (Å²) in [5.41, 5.74) is 5.40. The van der Waals surface area contributed by atoms with Crippen LogP contribution in [0.4, 0.5) is 5.69 Å². The fourth-order valence-corrected chi connectivity index (χ4v) is 3.46. The summed E-state index contributed by atoms with van der Waals surface area (Å²) in [6, 6.07) is 8.27. The SMILES string of the molecule is CCc1cccc(C)c1NC(=O)COC(=O)c1cc(C)n(C2CC2)c1C. The molecular formula is C21H26N2O3. The number of rotatable bonds is 6. The van der Waals surface area contributed by atoms with Gasteiger partial charge in [0.2, 0.25) is 0 Å². The summed E-state index contributed by atoms with van der Waals surface area (Å²) in [6.07, 6.45) is 3.14. The standard InChI is InChI=1S/C21H26N2O3/c1-5-16-8-6-7-13(2)20(16)22-19(24)12-26-21(25)18-11-14(3)23(15(18)4)17-9-10-17/h6-8,11,17H,5,9-10,12H2,1-4H3,(H,22,24). The molecule has 1 aliphatic rings. The Bertz CT molecular complexity index is 847. The third kappa shape index (κ3) is 3.66. The topological polar surface area (TPSA) is 60.3 Å². The average Bonchev–Trinajstić information content (AvgIpc) is 3.39. The van der Waals surface area contributed by atoms with Gasteiger partial charge in [-0.15, -0.1) is 0 Å². The van der Waals surface area contributed by atoms with E-state index >= 15 is 0 Å². The normalized spacial score (nSPS) is 13.5. The first kappa shape index (κ1) is 18.2. The van der Waals surface area contributed by atoms with Crippen molar-refractivity contribution in [3.63, 3.8) is 0 Å². The summed E-state index contributed by atoms with van der Waals surface area (Å²) in [4.78, 5) is 24.7. The fourth-order valence-electron chi connectivity index (χ4n) is 3.46. The first-order valence-electron chi connectivity index (χ1n) is 9.16. The number of hydrogen-bond donors (Lipinski definition) is 1. The Labute approximate surface area is 154 Å². The maximum atomic E-state index is 12.4. The molecule has 1 fully saturated rings. The molecule has 0 saturated heterocycles. The lowest BCUT2D eigenvalue weighted by Crippen LogP contribution is -2.22. The van der Waals surface area contributed by atoms with Gasteiger partial charge < -0.3 is 14.6 Å². The van der Waals surface area contributed by atoms with E-state index in [9.17, 15) is 9.59 Å². The number of carbonyl (C=O) groups is 2. The van der Waals surface area contributed by atoms with Crippen LogP contribution in [0.3, 0.4) is 0 Å². The van der Waals surface area contributed by atoms with Crippen LogP contribution < -0.4 is 5.32 Å². The van der Waals surface area contributed by atoms with Crippen molar-refractivity contribution in [2.24, 2.45) is 0 Å². The molecular weight excluding hydrogens is 328 g/mol. The monoisotopic (exact) mass is 354 g/mol. The van der Waals surface area contributed by atoms with E-state index in [0.717, 1.165) is 47.5 Å². The minimum absolute atomic E-state index is 0.288. The number of nitrogens with zero attached hydrogens (tertiary/aromatic N) is 1. The Kier molecular flexibility index (Phi) is 5.16. The quantitative estimate of drug-likeness (QED) is 0.794. The number of nitrogens with one attached hydrogen (secondary N) is 1. The zero-order valence-corrected chi connectivity index (χ0v) is 15.9. The van der Waals surface area contributed by atoms with Crippen molar-refractivity contribution in [2.45, 2.75) is 53.0 Å². The molecule has 3 rings (SSSR count). The minimum Gasteiger partial charge on any atom is -0.452 e. The van der Waals surface area contributed by atoms with Crippen molar-refractivity contribution >= 4 is 17.6 Å². The highest BCUT2D eigenvalue weighted by atomic mass is 16.5. The van der Waals surface area contributed by atoms with E-state index in [1.54, 1.807) is 0 Å². The highest BCUT2D eigenvalue weighted by Gasteiger charge is 2.28. The van der Waals surface area contributed by atoms with Crippen LogP contribution in [0.5, 0.6) is 0 Å². The third-order valence-corrected chi connectivity index (χ3v) is 4.96. The van der Waals surface area contributed by atoms with Crippen LogP contribution in [0.2, 0.25) is 0 Å². The molecule has 0 unspecified atom stereocenters. The number of ether oxygens (including phenoxy) is 1. The van der Waals surface area contributed by atoms with Gasteiger partial charge >= 0.3 is 5.97 Å². The lowest BCUT2D eigenvalue weighted by molar-refractivity contribution is -0.119. The highest BCUT2D eigenvalue weighted by Crippen LogP contribution is 2.38. The van der Waals surface area contributed by atoms with Gasteiger partial charge in [-0.05, 0) is 57.2 Å². The van der Waals surface area contributed by atoms with Gasteiger partial charge in [0.15, 0.2) is 6.61 Å². The van der Waals surface area contributed by atoms with Gasteiger partial charge in [0.05, 0.1) is 5.56 Å². The number of amides is 1. The zero-order chi connectivity index (χ0) is 18.8. The molecule has 1 saturated carbocycles. The Hall–Kier alpha value is -2.56. The summed E-state index contributed by atoms with van der Waals surface area (Å²) >= 11 is 0. The molecule has 0 aliphatic heterocycles. The number of aryl methyl sites for hydroxylation is 3. The number of anilines is 1. The number of benzene rings is 1. The average molecular weight is 354 g/mol. The van der Waals surface area contributed by atoms with E-state index in [2.05, 4.69) is 9.88 Å². The molecule has 1 amide bonds. The summed E-state index contributed by atoms with van der Waals surface area (Å²) < 4.78 is 7.45. The number of esters is 1. The molecule has 2 aromatic rings. The van der Waals surface area contributed by atoms with Crippen molar-refractivity contribution < 1.29 is 14.3 Å². The van der Waals surface area contributed by atoms with Gasteiger partial charge in [0.25, 0.3) is 5.91 Å². The van der Waals surface area contributed by atoms with Gasteiger partial charge in [-0.3, -0.25) is 4.79 Å². The lowest BCUT2D eigenvalue weighted by Gasteiger charge is -2.13. The van der Waals surface area contributed by atoms with Crippen molar-refractivity contribution in [1.82, 2.24) is 4.57 Å². The summed E-state index contributed by atoms with van der Waals surface area (Å²) in [6.45, 7) is 7.64. The smallest absolute Gasteiger partial charge is 0.340 e. The van der Waals surface area contributed by atoms with E-state index < -0.39 is 5.97 Å². The maximum Gasteiger partial charge on any atom is 0.340 e. The second-order valence-electron chi connectivity index (χ2n) is 6.97. The van der Waals surface area contributed by atoms with Gasteiger partial charge in [0.1, 0.15) is 0 Å². The predicted octanol–water partition coefficient (Wildman–Crippen LogP) is 4.11. The molecule has 5 heteroatoms. The van der Waals surface area contributed by atoms with E-state index in [1.165, 1.54) is 0 Å². The number of para-hydroxylation sites is 1. The third-order valence-electron chi connectivity index (χ3n) is 4.96. The number of carbonyl (C=O) groups excluding carboxylic acids is 2. The first-order chi connectivity index (χ1) is 12.4. The van der Waals surface area contributed by atoms with Crippen LogP contribution in [0.15, 0.2) is 24.3 Å². The molecule has 1 N–H and O–H groups in total. The van der Waals surface area contributed by atoms with E-state index in [0.29, 0.717) is 11.6 Å². The Balaban J connectivity index is 1.63. The van der Waals surface area contributed by atoms with Gasteiger partial charge in [-0.2, -0.15) is 0 Å². The summed E-state index contributed by atoms with van der Waals surface area (Å²) in [7, 11) is 0. The maximum absolute atomic E-state index is 12.4. The molecule has 0 atom stereocenters. The second-order valence-corrected chi connectivity index (χ2v) is 6.97. The first-order valence-corrected chi connectivity index (χ1v) is 9.16. The second kappa shape index (κ2) is 7.36.